The third kappa shape index (κ3) is 5.42. The number of aromatic nitrogens is 1. The van der Waals surface area contributed by atoms with Crippen molar-refractivity contribution in [3.63, 3.8) is 0 Å². The zero-order valence-corrected chi connectivity index (χ0v) is 19.5. The Morgan fingerprint density at radius 1 is 1.24 bits per heavy atom. The van der Waals surface area contributed by atoms with E-state index in [4.69, 9.17) is 0 Å². The number of nitrogens with zero attached hydrogens (tertiary/aromatic N) is 2. The Hall–Kier alpha value is -3.19. The van der Waals surface area contributed by atoms with Gasteiger partial charge in [-0.25, -0.2) is 4.79 Å². The molecule has 7 nitrogen and oxygen atoms in total. The van der Waals surface area contributed by atoms with E-state index in [0.29, 0.717) is 39.0 Å². The lowest BCUT2D eigenvalue weighted by Gasteiger charge is -2.44. The number of anilines is 1. The van der Waals surface area contributed by atoms with Crippen LogP contribution in [0.3, 0.4) is 0 Å². The SMILES string of the molecule is C=CC(C)C(C=C)C1(C(=O)O)CCN(CCNC(=O)Nc2cc(C)nc3ccccc23)CC1. The first kappa shape index (κ1) is 24.5. The van der Waals surface area contributed by atoms with Crippen LogP contribution >= 0.6 is 0 Å². The van der Waals surface area contributed by atoms with Gasteiger partial charge >= 0.3 is 12.0 Å². The zero-order valence-electron chi connectivity index (χ0n) is 19.5. The second kappa shape index (κ2) is 10.6. The first-order valence-electron chi connectivity index (χ1n) is 11.4. The third-order valence-electron chi connectivity index (χ3n) is 6.81. The molecule has 2 aromatic rings. The Labute approximate surface area is 195 Å². The summed E-state index contributed by atoms with van der Waals surface area (Å²) in [7, 11) is 0. The molecular weight excluding hydrogens is 416 g/mol. The molecule has 2 heterocycles. The minimum atomic E-state index is -0.822. The van der Waals surface area contributed by atoms with E-state index in [-0.39, 0.29) is 17.9 Å². The van der Waals surface area contributed by atoms with Crippen LogP contribution in [-0.4, -0.2) is 53.2 Å². The highest BCUT2D eigenvalue weighted by Gasteiger charge is 2.47. The molecule has 1 fully saturated rings. The molecule has 2 amide bonds. The van der Waals surface area contributed by atoms with Gasteiger partial charge in [-0.15, -0.1) is 13.2 Å². The van der Waals surface area contributed by atoms with Crippen LogP contribution in [0.2, 0.25) is 0 Å². The van der Waals surface area contributed by atoms with Gasteiger partial charge in [0.2, 0.25) is 0 Å². The number of para-hydroxylation sites is 1. The first-order chi connectivity index (χ1) is 15.8. The average molecular weight is 451 g/mol. The molecule has 33 heavy (non-hydrogen) atoms. The Morgan fingerprint density at radius 2 is 1.94 bits per heavy atom. The van der Waals surface area contributed by atoms with Crippen LogP contribution in [0, 0.1) is 24.2 Å². The molecular formula is C26H34N4O3. The molecule has 1 aliphatic heterocycles. The van der Waals surface area contributed by atoms with Crippen LogP contribution in [0.15, 0.2) is 55.6 Å². The van der Waals surface area contributed by atoms with Crippen LogP contribution in [0.1, 0.15) is 25.5 Å². The Morgan fingerprint density at radius 3 is 2.58 bits per heavy atom. The fraction of sp³-hybridized carbons (Fsp3) is 0.423. The van der Waals surface area contributed by atoms with Crippen molar-refractivity contribution in [2.45, 2.75) is 26.7 Å². The van der Waals surface area contributed by atoms with Crippen molar-refractivity contribution in [3.05, 3.63) is 61.3 Å². The number of pyridine rings is 1. The van der Waals surface area contributed by atoms with Gasteiger partial charge in [0.15, 0.2) is 0 Å². The molecule has 7 heteroatoms. The molecule has 0 spiro atoms. The number of aliphatic carboxylic acids is 1. The van der Waals surface area contributed by atoms with Crippen molar-refractivity contribution < 1.29 is 14.7 Å². The van der Waals surface area contributed by atoms with Crippen molar-refractivity contribution in [1.82, 2.24) is 15.2 Å². The fourth-order valence-electron chi connectivity index (χ4n) is 4.86. The quantitative estimate of drug-likeness (QED) is 0.491. The summed E-state index contributed by atoms with van der Waals surface area (Å²) in [5.74, 6) is -0.876. The van der Waals surface area contributed by atoms with E-state index in [1.807, 2.05) is 44.2 Å². The summed E-state index contributed by atoms with van der Waals surface area (Å²) in [6, 6.07) is 9.29. The van der Waals surface area contributed by atoms with Crippen molar-refractivity contribution in [2.75, 3.05) is 31.5 Å². The predicted molar refractivity (Wildman–Crippen MR) is 132 cm³/mol. The number of hydrogen-bond donors (Lipinski definition) is 3. The van der Waals surface area contributed by atoms with E-state index < -0.39 is 11.4 Å². The zero-order chi connectivity index (χ0) is 24.0. The number of carboxylic acids is 1. The molecule has 1 aliphatic rings. The molecule has 0 aliphatic carbocycles. The maximum Gasteiger partial charge on any atom is 0.319 e. The number of rotatable bonds is 9. The number of carbonyl (C=O) groups excluding carboxylic acids is 1. The fourth-order valence-corrected chi connectivity index (χ4v) is 4.86. The van der Waals surface area contributed by atoms with Crippen molar-refractivity contribution in [1.29, 1.82) is 0 Å². The van der Waals surface area contributed by atoms with E-state index in [1.54, 1.807) is 12.2 Å². The summed E-state index contributed by atoms with van der Waals surface area (Å²) in [6.07, 6.45) is 4.67. The molecule has 1 aromatic heterocycles. The lowest BCUT2D eigenvalue weighted by Crippen LogP contribution is -2.50. The number of allylic oxidation sites excluding steroid dienone is 2. The van der Waals surface area contributed by atoms with Gasteiger partial charge in [-0.3, -0.25) is 9.78 Å². The standard InChI is InChI=1S/C26H34N4O3/c1-5-18(3)21(6-2)26(24(31)32)11-14-30(15-12-26)16-13-27-25(33)29-23-17-19(4)28-22-10-8-7-9-20(22)23/h5-10,17-18,21H,1-2,11-16H2,3-4H3,(H,31,32)(H2,27,28,29,33). The van der Waals surface area contributed by atoms with Crippen LogP contribution in [0.25, 0.3) is 10.9 Å². The summed E-state index contributed by atoms with van der Waals surface area (Å²) in [4.78, 5) is 31.4. The number of fused-ring (bicyclic) bond motifs is 1. The number of aryl methyl sites for hydroxylation is 1. The summed E-state index contributed by atoms with van der Waals surface area (Å²) in [5.41, 5.74) is 1.58. The number of carbonyl (C=O) groups is 2. The van der Waals surface area contributed by atoms with Gasteiger partial charge in [0.25, 0.3) is 0 Å². The van der Waals surface area contributed by atoms with Gasteiger partial charge in [-0.1, -0.05) is 37.3 Å². The molecule has 0 saturated carbocycles. The van der Waals surface area contributed by atoms with Crippen LogP contribution < -0.4 is 10.6 Å². The smallest absolute Gasteiger partial charge is 0.319 e. The molecule has 176 valence electrons. The highest BCUT2D eigenvalue weighted by atomic mass is 16.4. The minimum Gasteiger partial charge on any atom is -0.481 e. The number of benzene rings is 1. The van der Waals surface area contributed by atoms with Gasteiger partial charge in [0.05, 0.1) is 16.6 Å². The van der Waals surface area contributed by atoms with Gasteiger partial charge in [0, 0.05) is 24.2 Å². The molecule has 3 N–H and O–H groups in total. The van der Waals surface area contributed by atoms with Crippen molar-refractivity contribution in [2.24, 2.45) is 17.3 Å². The molecule has 3 rings (SSSR count). The van der Waals surface area contributed by atoms with Crippen molar-refractivity contribution in [3.8, 4) is 0 Å². The average Bonchev–Trinajstić information content (AvgIpc) is 2.80. The monoisotopic (exact) mass is 450 g/mol. The lowest BCUT2D eigenvalue weighted by atomic mass is 9.64. The van der Waals surface area contributed by atoms with Crippen LogP contribution in [0.4, 0.5) is 10.5 Å². The summed E-state index contributed by atoms with van der Waals surface area (Å²) < 4.78 is 0. The summed E-state index contributed by atoms with van der Waals surface area (Å²) in [6.45, 7) is 14.1. The van der Waals surface area contributed by atoms with Gasteiger partial charge in [-0.05, 0) is 56.8 Å². The van der Waals surface area contributed by atoms with E-state index >= 15 is 0 Å². The number of carboxylic acid groups (broad SMARTS) is 1. The second-order valence-corrected chi connectivity index (χ2v) is 8.87. The van der Waals surface area contributed by atoms with Gasteiger partial charge in [0.1, 0.15) is 0 Å². The number of urea groups is 1. The predicted octanol–water partition coefficient (Wildman–Crippen LogP) is 4.46. The van der Waals surface area contributed by atoms with E-state index in [2.05, 4.69) is 33.7 Å². The maximum absolute atomic E-state index is 12.5. The number of amides is 2. The van der Waals surface area contributed by atoms with Gasteiger partial charge in [-0.2, -0.15) is 0 Å². The van der Waals surface area contributed by atoms with Crippen LogP contribution in [-0.2, 0) is 4.79 Å². The topological polar surface area (TPSA) is 94.6 Å². The summed E-state index contributed by atoms with van der Waals surface area (Å²) in [5, 5.41) is 16.8. The Bertz CT molecular complexity index is 1030. The number of likely N-dealkylation sites (tertiary alicyclic amines) is 1. The Balaban J connectivity index is 1.53. The van der Waals surface area contributed by atoms with Crippen LogP contribution in [0.5, 0.6) is 0 Å². The largest absolute Gasteiger partial charge is 0.481 e. The van der Waals surface area contributed by atoms with Gasteiger partial charge < -0.3 is 20.6 Å². The van der Waals surface area contributed by atoms with E-state index in [9.17, 15) is 14.7 Å². The molecule has 2 atom stereocenters. The third-order valence-corrected chi connectivity index (χ3v) is 6.81. The summed E-state index contributed by atoms with van der Waals surface area (Å²) >= 11 is 0. The molecule has 0 bridgehead atoms. The number of piperidine rings is 1. The highest BCUT2D eigenvalue weighted by molar-refractivity contribution is 6.00. The number of nitrogens with one attached hydrogen (secondary N) is 2. The molecule has 1 saturated heterocycles. The number of hydrogen-bond acceptors (Lipinski definition) is 4. The molecule has 1 aromatic carbocycles. The molecule has 0 radical (unpaired) electrons. The first-order valence-corrected chi connectivity index (χ1v) is 11.4. The lowest BCUT2D eigenvalue weighted by molar-refractivity contribution is -0.156. The maximum atomic E-state index is 12.5. The van der Waals surface area contributed by atoms with E-state index in [1.165, 1.54) is 0 Å². The minimum absolute atomic E-state index is 0.0448. The van der Waals surface area contributed by atoms with Crippen molar-refractivity contribution >= 4 is 28.6 Å². The normalized spacial score (nSPS) is 17.6. The molecule has 2 unspecified atom stereocenters. The van der Waals surface area contributed by atoms with E-state index in [0.717, 1.165) is 22.3 Å². The second-order valence-electron chi connectivity index (χ2n) is 8.87. The highest BCUT2D eigenvalue weighted by Crippen LogP contribution is 2.43. The Kier molecular flexibility index (Phi) is 7.87.